The molecule has 0 saturated heterocycles. The Labute approximate surface area is 177 Å². The van der Waals surface area contributed by atoms with E-state index in [0.717, 1.165) is 18.4 Å². The van der Waals surface area contributed by atoms with Crippen LogP contribution in [0.15, 0.2) is 41.3 Å². The minimum Gasteiger partial charge on any atom is -0.490 e. The van der Waals surface area contributed by atoms with Crippen molar-refractivity contribution in [3.05, 3.63) is 42.0 Å². The van der Waals surface area contributed by atoms with Gasteiger partial charge in [0, 0.05) is 24.9 Å². The highest BCUT2D eigenvalue weighted by molar-refractivity contribution is 7.89. The third-order valence-corrected chi connectivity index (χ3v) is 6.55. The summed E-state index contributed by atoms with van der Waals surface area (Å²) in [6.45, 7) is 6.18. The average molecular weight is 434 g/mol. The quantitative estimate of drug-likeness (QED) is 0.774. The van der Waals surface area contributed by atoms with Crippen LogP contribution in [0.1, 0.15) is 38.3 Å². The topological polar surface area (TPSA) is 83.1 Å². The molecule has 0 aromatic heterocycles. The molecule has 0 bridgehead atoms. The number of hydrogen-bond donors (Lipinski definition) is 1. The summed E-state index contributed by atoms with van der Waals surface area (Å²) >= 11 is 0. The molecule has 7 nitrogen and oxygen atoms in total. The van der Waals surface area contributed by atoms with Crippen LogP contribution in [0.3, 0.4) is 0 Å². The number of nitrogens with one attached hydrogen (secondary N) is 1. The van der Waals surface area contributed by atoms with E-state index in [1.807, 2.05) is 32.0 Å². The predicted octanol–water partition coefficient (Wildman–Crippen LogP) is 3.68. The fourth-order valence-electron chi connectivity index (χ4n) is 3.51. The molecule has 2 heterocycles. The molecule has 0 unspecified atom stereocenters. The van der Waals surface area contributed by atoms with Gasteiger partial charge >= 0.3 is 0 Å². The number of ether oxygens (including phenoxy) is 4. The summed E-state index contributed by atoms with van der Waals surface area (Å²) in [6, 6.07) is 9.87. The van der Waals surface area contributed by atoms with Crippen molar-refractivity contribution in [2.45, 2.75) is 37.6 Å². The van der Waals surface area contributed by atoms with Gasteiger partial charge in [-0.05, 0) is 35.7 Å². The summed E-state index contributed by atoms with van der Waals surface area (Å²) in [5, 5.41) is 0. The SMILES string of the molecule is CC(C)[C@@H](NS(=O)(=O)c1ccc2c(c1)OCCCO2)c1ccc2c(c1)OCCCO2. The second kappa shape index (κ2) is 8.73. The van der Waals surface area contributed by atoms with Crippen molar-refractivity contribution in [3.8, 4) is 23.0 Å². The minimum atomic E-state index is -3.78. The predicted molar refractivity (Wildman–Crippen MR) is 112 cm³/mol. The van der Waals surface area contributed by atoms with Crippen LogP contribution in [0, 0.1) is 5.92 Å². The number of fused-ring (bicyclic) bond motifs is 2. The van der Waals surface area contributed by atoms with E-state index in [-0.39, 0.29) is 10.8 Å². The standard InChI is InChI=1S/C22H27NO6S/c1-15(2)22(16-5-7-18-20(13-16)28-11-3-9-26-18)23-30(24,25)17-6-8-19-21(14-17)29-12-4-10-27-19/h5-8,13-15,22-23H,3-4,9-12H2,1-2H3/t22-/m1/s1. The first-order valence-electron chi connectivity index (χ1n) is 10.3. The molecule has 162 valence electrons. The van der Waals surface area contributed by atoms with Crippen LogP contribution < -0.4 is 23.7 Å². The molecule has 2 aromatic rings. The van der Waals surface area contributed by atoms with Crippen molar-refractivity contribution >= 4 is 10.0 Å². The number of rotatable bonds is 5. The largest absolute Gasteiger partial charge is 0.490 e. The second-order valence-electron chi connectivity index (χ2n) is 7.76. The maximum absolute atomic E-state index is 13.2. The molecule has 4 rings (SSSR count). The van der Waals surface area contributed by atoms with Crippen molar-refractivity contribution < 1.29 is 27.4 Å². The lowest BCUT2D eigenvalue weighted by molar-refractivity contribution is 0.296. The van der Waals surface area contributed by atoms with Crippen molar-refractivity contribution in [3.63, 3.8) is 0 Å². The fourth-order valence-corrected chi connectivity index (χ4v) is 4.90. The monoisotopic (exact) mass is 433 g/mol. The molecule has 8 heteroatoms. The highest BCUT2D eigenvalue weighted by Crippen LogP contribution is 2.36. The zero-order valence-corrected chi connectivity index (χ0v) is 18.0. The van der Waals surface area contributed by atoms with E-state index < -0.39 is 16.1 Å². The van der Waals surface area contributed by atoms with E-state index in [1.54, 1.807) is 12.1 Å². The first-order valence-corrected chi connectivity index (χ1v) is 11.7. The zero-order chi connectivity index (χ0) is 21.1. The second-order valence-corrected chi connectivity index (χ2v) is 9.47. The number of hydrogen-bond acceptors (Lipinski definition) is 6. The molecular formula is C22H27NO6S. The third-order valence-electron chi connectivity index (χ3n) is 5.11. The van der Waals surface area contributed by atoms with Crippen LogP contribution >= 0.6 is 0 Å². The summed E-state index contributed by atoms with van der Waals surface area (Å²) in [4.78, 5) is 0.145. The molecule has 0 aliphatic carbocycles. The third kappa shape index (κ3) is 4.49. The molecule has 0 amide bonds. The van der Waals surface area contributed by atoms with Crippen molar-refractivity contribution in [1.82, 2.24) is 4.72 Å². The molecule has 0 spiro atoms. The summed E-state index contributed by atoms with van der Waals surface area (Å²) in [7, 11) is -3.78. The van der Waals surface area contributed by atoms with Gasteiger partial charge in [-0.15, -0.1) is 0 Å². The Kier molecular flexibility index (Phi) is 6.06. The van der Waals surface area contributed by atoms with Crippen molar-refractivity contribution in [2.75, 3.05) is 26.4 Å². The Hall–Kier alpha value is -2.45. The van der Waals surface area contributed by atoms with E-state index in [2.05, 4.69) is 4.72 Å². The van der Waals surface area contributed by atoms with Gasteiger partial charge in [-0.3, -0.25) is 0 Å². The van der Waals surface area contributed by atoms with E-state index in [0.29, 0.717) is 49.4 Å². The molecular weight excluding hydrogens is 406 g/mol. The smallest absolute Gasteiger partial charge is 0.241 e. The summed E-state index contributed by atoms with van der Waals surface area (Å²) in [5.74, 6) is 2.36. The number of benzene rings is 2. The van der Waals surface area contributed by atoms with E-state index in [1.165, 1.54) is 6.07 Å². The summed E-state index contributed by atoms with van der Waals surface area (Å²) in [6.07, 6.45) is 1.57. The fraction of sp³-hybridized carbons (Fsp3) is 0.455. The lowest BCUT2D eigenvalue weighted by atomic mass is 9.97. The van der Waals surface area contributed by atoms with Gasteiger partial charge in [0.25, 0.3) is 0 Å². The summed E-state index contributed by atoms with van der Waals surface area (Å²) < 4.78 is 51.9. The molecule has 2 aliphatic heterocycles. The number of sulfonamides is 1. The van der Waals surface area contributed by atoms with Gasteiger partial charge in [-0.1, -0.05) is 19.9 Å². The van der Waals surface area contributed by atoms with Gasteiger partial charge in [-0.2, -0.15) is 0 Å². The molecule has 30 heavy (non-hydrogen) atoms. The highest BCUT2D eigenvalue weighted by Gasteiger charge is 2.26. The van der Waals surface area contributed by atoms with Crippen LogP contribution in [0.25, 0.3) is 0 Å². The Bertz CT molecular complexity index is 1000. The Balaban J connectivity index is 1.61. The Morgan fingerprint density at radius 2 is 1.30 bits per heavy atom. The van der Waals surface area contributed by atoms with Crippen LogP contribution in [0.5, 0.6) is 23.0 Å². The Morgan fingerprint density at radius 1 is 0.767 bits per heavy atom. The van der Waals surface area contributed by atoms with Crippen molar-refractivity contribution in [1.29, 1.82) is 0 Å². The molecule has 1 atom stereocenters. The lowest BCUT2D eigenvalue weighted by Crippen LogP contribution is -2.31. The van der Waals surface area contributed by atoms with Crippen LogP contribution in [0.4, 0.5) is 0 Å². The van der Waals surface area contributed by atoms with E-state index in [4.69, 9.17) is 18.9 Å². The first kappa shape index (κ1) is 20.8. The first-order chi connectivity index (χ1) is 14.4. The highest BCUT2D eigenvalue weighted by atomic mass is 32.2. The van der Waals surface area contributed by atoms with Gasteiger partial charge in [-0.25, -0.2) is 13.1 Å². The maximum atomic E-state index is 13.2. The van der Waals surface area contributed by atoms with E-state index in [9.17, 15) is 8.42 Å². The van der Waals surface area contributed by atoms with Crippen LogP contribution in [-0.4, -0.2) is 34.8 Å². The van der Waals surface area contributed by atoms with Gasteiger partial charge in [0.1, 0.15) is 0 Å². The minimum absolute atomic E-state index is 0.0185. The van der Waals surface area contributed by atoms with Gasteiger partial charge < -0.3 is 18.9 Å². The van der Waals surface area contributed by atoms with Gasteiger partial charge in [0.2, 0.25) is 10.0 Å². The lowest BCUT2D eigenvalue weighted by Gasteiger charge is -2.24. The molecule has 0 radical (unpaired) electrons. The average Bonchev–Trinajstić information content (AvgIpc) is 3.11. The molecule has 2 aliphatic rings. The van der Waals surface area contributed by atoms with Crippen molar-refractivity contribution in [2.24, 2.45) is 5.92 Å². The maximum Gasteiger partial charge on any atom is 0.241 e. The normalized spacial score (nSPS) is 17.2. The molecule has 0 saturated carbocycles. The zero-order valence-electron chi connectivity index (χ0n) is 17.2. The van der Waals surface area contributed by atoms with Crippen LogP contribution in [0.2, 0.25) is 0 Å². The molecule has 1 N–H and O–H groups in total. The summed E-state index contributed by atoms with van der Waals surface area (Å²) in [5.41, 5.74) is 0.826. The van der Waals surface area contributed by atoms with Crippen LogP contribution in [-0.2, 0) is 10.0 Å². The van der Waals surface area contributed by atoms with Gasteiger partial charge in [0.05, 0.1) is 31.3 Å². The van der Waals surface area contributed by atoms with E-state index >= 15 is 0 Å². The molecule has 2 aromatic carbocycles. The van der Waals surface area contributed by atoms with Gasteiger partial charge in [0.15, 0.2) is 23.0 Å². The Morgan fingerprint density at radius 3 is 1.90 bits per heavy atom. The molecule has 0 fully saturated rings.